The monoisotopic (exact) mass is 318 g/mol. The lowest BCUT2D eigenvalue weighted by Crippen LogP contribution is -2.38. The molecule has 0 bridgehead atoms. The molecule has 1 aliphatic heterocycles. The normalized spacial score (nSPS) is 16.3. The van der Waals surface area contributed by atoms with Gasteiger partial charge < -0.3 is 20.1 Å². The zero-order valence-electron chi connectivity index (χ0n) is 12.1. The van der Waals surface area contributed by atoms with Crippen molar-refractivity contribution in [3.8, 4) is 11.5 Å². The molecule has 0 saturated carbocycles. The fourth-order valence-electron chi connectivity index (χ4n) is 2.53. The summed E-state index contributed by atoms with van der Waals surface area (Å²) in [6.45, 7) is 0. The van der Waals surface area contributed by atoms with Crippen LogP contribution in [0.25, 0.3) is 0 Å². The summed E-state index contributed by atoms with van der Waals surface area (Å²) in [6.07, 6.45) is -0.427. The third-order valence-electron chi connectivity index (χ3n) is 3.55. The number of ether oxygens (including phenoxy) is 2. The molecule has 0 unspecified atom stereocenters. The Morgan fingerprint density at radius 2 is 1.91 bits per heavy atom. The second-order valence-corrected chi connectivity index (χ2v) is 5.26. The maximum absolute atomic E-state index is 12.3. The molecule has 0 aromatic heterocycles. The number of methoxy groups -OCH3 is 2. The highest BCUT2D eigenvalue weighted by Gasteiger charge is 2.27. The van der Waals surface area contributed by atoms with Crippen molar-refractivity contribution >= 4 is 23.2 Å². The number of rotatable bonds is 3. The van der Waals surface area contributed by atoms with Gasteiger partial charge in [-0.15, -0.1) is 0 Å². The van der Waals surface area contributed by atoms with Crippen molar-refractivity contribution in [2.24, 2.45) is 0 Å². The van der Waals surface area contributed by atoms with Gasteiger partial charge in [-0.2, -0.15) is 0 Å². The minimum atomic E-state index is -0.427. The Morgan fingerprint density at radius 1 is 1.09 bits per heavy atom. The number of amides is 1. The zero-order chi connectivity index (χ0) is 15.7. The lowest BCUT2D eigenvalue weighted by molar-refractivity contribution is 0.0935. The molecule has 6 heteroatoms. The lowest BCUT2D eigenvalue weighted by atomic mass is 10.0. The second-order valence-electron chi connectivity index (χ2n) is 4.82. The first kappa shape index (κ1) is 14.5. The summed E-state index contributed by atoms with van der Waals surface area (Å²) in [6, 6.07) is 10.6. The van der Waals surface area contributed by atoms with E-state index < -0.39 is 6.17 Å². The molecule has 1 atom stereocenters. The quantitative estimate of drug-likeness (QED) is 0.912. The fraction of sp³-hybridized carbons (Fsp3) is 0.188. The number of halogens is 1. The SMILES string of the molecule is COc1cccc([C@H]2NC(=O)c3ccc(Cl)cc3N2)c1OC. The maximum atomic E-state index is 12.3. The van der Waals surface area contributed by atoms with Crippen LogP contribution in [0, 0.1) is 0 Å². The van der Waals surface area contributed by atoms with Gasteiger partial charge in [0.05, 0.1) is 25.5 Å². The Balaban J connectivity index is 2.03. The first-order valence-electron chi connectivity index (χ1n) is 6.72. The van der Waals surface area contributed by atoms with Crippen LogP contribution in [-0.4, -0.2) is 20.1 Å². The molecule has 0 fully saturated rings. The molecule has 3 rings (SSSR count). The summed E-state index contributed by atoms with van der Waals surface area (Å²) >= 11 is 6.01. The number of benzene rings is 2. The van der Waals surface area contributed by atoms with Gasteiger partial charge in [0.1, 0.15) is 6.17 Å². The largest absolute Gasteiger partial charge is 0.493 e. The number of hydrogen-bond acceptors (Lipinski definition) is 4. The topological polar surface area (TPSA) is 59.6 Å². The van der Waals surface area contributed by atoms with Crippen LogP contribution >= 0.6 is 11.6 Å². The third-order valence-corrected chi connectivity index (χ3v) is 3.78. The molecule has 2 aromatic carbocycles. The van der Waals surface area contributed by atoms with E-state index in [4.69, 9.17) is 21.1 Å². The van der Waals surface area contributed by atoms with Gasteiger partial charge in [-0.05, 0) is 24.3 Å². The average molecular weight is 319 g/mol. The van der Waals surface area contributed by atoms with Gasteiger partial charge in [0, 0.05) is 10.6 Å². The predicted octanol–water partition coefficient (Wildman–Crippen LogP) is 3.21. The molecular weight excluding hydrogens is 304 g/mol. The summed E-state index contributed by atoms with van der Waals surface area (Å²) in [5.41, 5.74) is 2.02. The Kier molecular flexibility index (Phi) is 3.81. The van der Waals surface area contributed by atoms with Crippen molar-refractivity contribution in [1.29, 1.82) is 0 Å². The third kappa shape index (κ3) is 2.44. The Labute approximate surface area is 133 Å². The van der Waals surface area contributed by atoms with Crippen molar-refractivity contribution in [3.63, 3.8) is 0 Å². The molecule has 5 nitrogen and oxygen atoms in total. The molecule has 1 heterocycles. The van der Waals surface area contributed by atoms with Crippen molar-refractivity contribution in [2.75, 3.05) is 19.5 Å². The van der Waals surface area contributed by atoms with Crippen LogP contribution in [0.5, 0.6) is 11.5 Å². The van der Waals surface area contributed by atoms with Crippen LogP contribution < -0.4 is 20.1 Å². The fourth-order valence-corrected chi connectivity index (χ4v) is 2.70. The average Bonchev–Trinajstić information content (AvgIpc) is 2.53. The van der Waals surface area contributed by atoms with Gasteiger partial charge in [-0.1, -0.05) is 23.7 Å². The predicted molar refractivity (Wildman–Crippen MR) is 84.8 cm³/mol. The molecule has 2 aromatic rings. The van der Waals surface area contributed by atoms with E-state index in [-0.39, 0.29) is 5.91 Å². The molecular formula is C16H15ClN2O3. The standard InChI is InChI=1S/C16H15ClN2O3/c1-21-13-5-3-4-11(14(13)22-2)15-18-12-8-9(17)6-7-10(12)16(20)19-15/h3-8,15,18H,1-2H3,(H,19,20)/t15-/m1/s1. The van der Waals surface area contributed by atoms with E-state index in [0.29, 0.717) is 27.8 Å². The lowest BCUT2D eigenvalue weighted by Gasteiger charge is -2.29. The molecule has 0 radical (unpaired) electrons. The highest BCUT2D eigenvalue weighted by molar-refractivity contribution is 6.31. The Morgan fingerprint density at radius 3 is 2.64 bits per heavy atom. The number of para-hydroxylation sites is 1. The van der Waals surface area contributed by atoms with E-state index in [9.17, 15) is 4.79 Å². The van der Waals surface area contributed by atoms with Crippen LogP contribution in [0.1, 0.15) is 22.1 Å². The highest BCUT2D eigenvalue weighted by atomic mass is 35.5. The van der Waals surface area contributed by atoms with E-state index in [2.05, 4.69) is 10.6 Å². The number of carbonyl (C=O) groups is 1. The Hall–Kier alpha value is -2.40. The first-order valence-corrected chi connectivity index (χ1v) is 7.09. The number of carbonyl (C=O) groups excluding carboxylic acids is 1. The zero-order valence-corrected chi connectivity index (χ0v) is 12.9. The highest BCUT2D eigenvalue weighted by Crippen LogP contribution is 2.37. The molecule has 0 spiro atoms. The molecule has 0 aliphatic carbocycles. The van der Waals surface area contributed by atoms with Crippen LogP contribution in [0.4, 0.5) is 5.69 Å². The minimum Gasteiger partial charge on any atom is -0.493 e. The minimum absolute atomic E-state index is 0.166. The first-order chi connectivity index (χ1) is 10.6. The molecule has 1 amide bonds. The second kappa shape index (κ2) is 5.77. The van der Waals surface area contributed by atoms with Crippen molar-refractivity contribution in [3.05, 3.63) is 52.5 Å². The van der Waals surface area contributed by atoms with Crippen molar-refractivity contribution in [2.45, 2.75) is 6.17 Å². The van der Waals surface area contributed by atoms with E-state index in [0.717, 1.165) is 5.56 Å². The van der Waals surface area contributed by atoms with Gasteiger partial charge >= 0.3 is 0 Å². The van der Waals surface area contributed by atoms with Crippen LogP contribution in [-0.2, 0) is 0 Å². The number of nitrogens with one attached hydrogen (secondary N) is 2. The maximum Gasteiger partial charge on any atom is 0.255 e. The molecule has 0 saturated heterocycles. The van der Waals surface area contributed by atoms with Crippen LogP contribution in [0.2, 0.25) is 5.02 Å². The van der Waals surface area contributed by atoms with Crippen molar-refractivity contribution < 1.29 is 14.3 Å². The molecule has 2 N–H and O–H groups in total. The number of fused-ring (bicyclic) bond motifs is 1. The van der Waals surface area contributed by atoms with E-state index in [1.807, 2.05) is 12.1 Å². The molecule has 114 valence electrons. The molecule has 1 aliphatic rings. The van der Waals surface area contributed by atoms with Gasteiger partial charge in [0.2, 0.25) is 0 Å². The Bertz CT molecular complexity index is 733. The van der Waals surface area contributed by atoms with Crippen LogP contribution in [0.3, 0.4) is 0 Å². The van der Waals surface area contributed by atoms with Gasteiger partial charge in [0.15, 0.2) is 11.5 Å². The van der Waals surface area contributed by atoms with Gasteiger partial charge in [0.25, 0.3) is 5.91 Å². The summed E-state index contributed by atoms with van der Waals surface area (Å²) in [7, 11) is 3.14. The number of hydrogen-bond donors (Lipinski definition) is 2. The van der Waals surface area contributed by atoms with E-state index in [1.54, 1.807) is 38.5 Å². The van der Waals surface area contributed by atoms with Gasteiger partial charge in [-0.3, -0.25) is 4.79 Å². The van der Waals surface area contributed by atoms with E-state index in [1.165, 1.54) is 0 Å². The van der Waals surface area contributed by atoms with E-state index >= 15 is 0 Å². The summed E-state index contributed by atoms with van der Waals surface area (Å²) in [4.78, 5) is 12.3. The summed E-state index contributed by atoms with van der Waals surface area (Å²) in [5, 5.41) is 6.73. The van der Waals surface area contributed by atoms with Crippen LogP contribution in [0.15, 0.2) is 36.4 Å². The summed E-state index contributed by atoms with van der Waals surface area (Å²) in [5.74, 6) is 1.02. The van der Waals surface area contributed by atoms with Gasteiger partial charge in [-0.25, -0.2) is 0 Å². The number of anilines is 1. The summed E-state index contributed by atoms with van der Waals surface area (Å²) < 4.78 is 10.7. The smallest absolute Gasteiger partial charge is 0.255 e. The molecule has 22 heavy (non-hydrogen) atoms. The van der Waals surface area contributed by atoms with Crippen molar-refractivity contribution in [1.82, 2.24) is 5.32 Å².